The molecule has 0 aliphatic carbocycles. The van der Waals surface area contributed by atoms with Crippen molar-refractivity contribution in [3.8, 4) is 11.3 Å². The van der Waals surface area contributed by atoms with E-state index < -0.39 is 11.8 Å². The SMILES string of the molecule is O=C(O)c1cc(-c2cccc(F)c2Br)on1. The molecule has 0 radical (unpaired) electrons. The fourth-order valence-electron chi connectivity index (χ4n) is 1.20. The molecule has 0 bridgehead atoms. The third-order valence-electron chi connectivity index (χ3n) is 1.95. The molecule has 0 atom stereocenters. The van der Waals surface area contributed by atoms with E-state index in [1.165, 1.54) is 18.2 Å². The minimum absolute atomic E-state index is 0.198. The topological polar surface area (TPSA) is 63.3 Å². The molecular formula is C10H5BrFNO3. The van der Waals surface area contributed by atoms with Crippen LogP contribution in [0.4, 0.5) is 4.39 Å². The molecule has 0 unspecified atom stereocenters. The second-order valence-electron chi connectivity index (χ2n) is 2.98. The quantitative estimate of drug-likeness (QED) is 0.921. The lowest BCUT2D eigenvalue weighted by atomic mass is 10.1. The Hall–Kier alpha value is -1.69. The third kappa shape index (κ3) is 1.83. The molecule has 1 heterocycles. The van der Waals surface area contributed by atoms with Crippen molar-refractivity contribution in [3.63, 3.8) is 0 Å². The van der Waals surface area contributed by atoms with E-state index in [1.807, 2.05) is 0 Å². The summed E-state index contributed by atoms with van der Waals surface area (Å²) in [4.78, 5) is 10.6. The summed E-state index contributed by atoms with van der Waals surface area (Å²) >= 11 is 3.05. The maximum Gasteiger partial charge on any atom is 0.358 e. The lowest BCUT2D eigenvalue weighted by Gasteiger charge is -1.99. The first-order chi connectivity index (χ1) is 7.59. The van der Waals surface area contributed by atoms with Crippen molar-refractivity contribution in [2.24, 2.45) is 0 Å². The third-order valence-corrected chi connectivity index (χ3v) is 2.75. The Morgan fingerprint density at radius 3 is 2.88 bits per heavy atom. The van der Waals surface area contributed by atoms with Crippen molar-refractivity contribution in [1.82, 2.24) is 5.16 Å². The van der Waals surface area contributed by atoms with E-state index in [0.717, 1.165) is 0 Å². The van der Waals surface area contributed by atoms with Gasteiger partial charge in [0.05, 0.1) is 4.47 Å². The van der Waals surface area contributed by atoms with E-state index in [9.17, 15) is 9.18 Å². The second kappa shape index (κ2) is 4.05. The van der Waals surface area contributed by atoms with Crippen LogP contribution in [0.25, 0.3) is 11.3 Å². The summed E-state index contributed by atoms with van der Waals surface area (Å²) in [5.41, 5.74) is 0.200. The highest BCUT2D eigenvalue weighted by atomic mass is 79.9. The van der Waals surface area contributed by atoms with E-state index in [-0.39, 0.29) is 15.9 Å². The van der Waals surface area contributed by atoms with E-state index in [2.05, 4.69) is 21.1 Å². The normalized spacial score (nSPS) is 10.4. The van der Waals surface area contributed by atoms with E-state index in [1.54, 1.807) is 6.07 Å². The number of halogens is 2. The molecule has 4 nitrogen and oxygen atoms in total. The van der Waals surface area contributed by atoms with Gasteiger partial charge in [0, 0.05) is 11.6 Å². The monoisotopic (exact) mass is 285 g/mol. The molecule has 0 aliphatic rings. The summed E-state index contributed by atoms with van der Waals surface area (Å²) in [5, 5.41) is 12.0. The average Bonchev–Trinajstić information content (AvgIpc) is 2.71. The molecule has 82 valence electrons. The zero-order valence-electron chi connectivity index (χ0n) is 7.78. The minimum Gasteiger partial charge on any atom is -0.476 e. The highest BCUT2D eigenvalue weighted by Crippen LogP contribution is 2.30. The van der Waals surface area contributed by atoms with Crippen molar-refractivity contribution in [2.45, 2.75) is 0 Å². The van der Waals surface area contributed by atoms with Crippen LogP contribution in [0, 0.1) is 5.82 Å². The van der Waals surface area contributed by atoms with E-state index in [4.69, 9.17) is 9.63 Å². The number of hydrogen-bond acceptors (Lipinski definition) is 3. The number of carboxylic acids is 1. The molecule has 0 amide bonds. The predicted molar refractivity (Wildman–Crippen MR) is 56.6 cm³/mol. The Bertz CT molecular complexity index is 553. The van der Waals surface area contributed by atoms with Crippen molar-refractivity contribution in [2.75, 3.05) is 0 Å². The van der Waals surface area contributed by atoms with Crippen LogP contribution in [0.15, 0.2) is 33.3 Å². The summed E-state index contributed by atoms with van der Waals surface area (Å²) in [7, 11) is 0. The van der Waals surface area contributed by atoms with Crippen LogP contribution < -0.4 is 0 Å². The standard InChI is InChI=1S/C10H5BrFNO3/c11-9-5(2-1-3-6(9)12)8-4-7(10(14)15)13-16-8/h1-4H,(H,14,15). The summed E-state index contributed by atoms with van der Waals surface area (Å²) < 4.78 is 18.2. The molecule has 0 aliphatic heterocycles. The van der Waals surface area contributed by atoms with Crippen molar-refractivity contribution >= 4 is 21.9 Å². The molecule has 2 aromatic rings. The number of carbonyl (C=O) groups is 1. The van der Waals surface area contributed by atoms with E-state index in [0.29, 0.717) is 5.56 Å². The van der Waals surface area contributed by atoms with Gasteiger partial charge in [-0.3, -0.25) is 0 Å². The number of rotatable bonds is 2. The molecule has 0 fully saturated rings. The molecule has 16 heavy (non-hydrogen) atoms. The van der Waals surface area contributed by atoms with Crippen LogP contribution >= 0.6 is 15.9 Å². The Morgan fingerprint density at radius 2 is 2.25 bits per heavy atom. The first-order valence-corrected chi connectivity index (χ1v) is 5.03. The Kier molecular flexibility index (Phi) is 2.74. The Balaban J connectivity index is 2.50. The molecule has 0 saturated heterocycles. The van der Waals surface area contributed by atoms with Gasteiger partial charge in [-0.05, 0) is 28.1 Å². The molecule has 1 aromatic carbocycles. The largest absolute Gasteiger partial charge is 0.476 e. The molecule has 0 spiro atoms. The van der Waals surface area contributed by atoms with Gasteiger partial charge >= 0.3 is 5.97 Å². The number of aromatic nitrogens is 1. The van der Waals surface area contributed by atoms with Crippen LogP contribution in [0.1, 0.15) is 10.5 Å². The van der Waals surface area contributed by atoms with Crippen molar-refractivity contribution < 1.29 is 18.8 Å². The smallest absolute Gasteiger partial charge is 0.358 e. The molecule has 1 aromatic heterocycles. The van der Waals surface area contributed by atoms with Gasteiger partial charge in [0.2, 0.25) is 0 Å². The van der Waals surface area contributed by atoms with Gasteiger partial charge in [-0.1, -0.05) is 11.2 Å². The van der Waals surface area contributed by atoms with Crippen LogP contribution in [0.3, 0.4) is 0 Å². The minimum atomic E-state index is -1.19. The van der Waals surface area contributed by atoms with Crippen LogP contribution in [-0.2, 0) is 0 Å². The first kappa shape index (κ1) is 10.8. The molecule has 1 N–H and O–H groups in total. The van der Waals surface area contributed by atoms with Crippen LogP contribution in [-0.4, -0.2) is 16.2 Å². The number of aromatic carboxylic acids is 1. The van der Waals surface area contributed by atoms with Crippen LogP contribution in [0.2, 0.25) is 0 Å². The maximum absolute atomic E-state index is 13.2. The predicted octanol–water partition coefficient (Wildman–Crippen LogP) is 2.94. The van der Waals surface area contributed by atoms with Gasteiger partial charge < -0.3 is 9.63 Å². The lowest BCUT2D eigenvalue weighted by molar-refractivity contribution is 0.0686. The fourth-order valence-corrected chi connectivity index (χ4v) is 1.66. The van der Waals surface area contributed by atoms with Gasteiger partial charge in [0.15, 0.2) is 11.5 Å². The van der Waals surface area contributed by atoms with Crippen molar-refractivity contribution in [1.29, 1.82) is 0 Å². The van der Waals surface area contributed by atoms with Crippen LogP contribution in [0.5, 0.6) is 0 Å². The second-order valence-corrected chi connectivity index (χ2v) is 3.78. The average molecular weight is 286 g/mol. The Labute approximate surface area is 97.8 Å². The number of benzene rings is 1. The molecule has 0 saturated carbocycles. The molecule has 6 heteroatoms. The van der Waals surface area contributed by atoms with E-state index >= 15 is 0 Å². The number of carboxylic acid groups (broad SMARTS) is 1. The summed E-state index contributed by atoms with van der Waals surface area (Å²) in [6.45, 7) is 0. The number of hydrogen-bond donors (Lipinski definition) is 1. The zero-order chi connectivity index (χ0) is 11.7. The summed E-state index contributed by atoms with van der Waals surface area (Å²) in [6.07, 6.45) is 0. The Morgan fingerprint density at radius 1 is 1.50 bits per heavy atom. The van der Waals surface area contributed by atoms with Gasteiger partial charge in [0.1, 0.15) is 5.82 Å². The van der Waals surface area contributed by atoms with Gasteiger partial charge in [-0.2, -0.15) is 0 Å². The molecule has 2 rings (SSSR count). The van der Waals surface area contributed by atoms with Gasteiger partial charge in [0.25, 0.3) is 0 Å². The highest BCUT2D eigenvalue weighted by molar-refractivity contribution is 9.10. The first-order valence-electron chi connectivity index (χ1n) is 4.24. The van der Waals surface area contributed by atoms with Gasteiger partial charge in [-0.15, -0.1) is 0 Å². The zero-order valence-corrected chi connectivity index (χ0v) is 9.36. The number of nitrogens with zero attached hydrogens (tertiary/aromatic N) is 1. The highest BCUT2D eigenvalue weighted by Gasteiger charge is 2.15. The summed E-state index contributed by atoms with van der Waals surface area (Å²) in [5.74, 6) is -1.45. The molecular weight excluding hydrogens is 281 g/mol. The fraction of sp³-hybridized carbons (Fsp3) is 0. The van der Waals surface area contributed by atoms with Crippen molar-refractivity contribution in [3.05, 3.63) is 40.2 Å². The maximum atomic E-state index is 13.2. The van der Waals surface area contributed by atoms with Gasteiger partial charge in [-0.25, -0.2) is 9.18 Å². The summed E-state index contributed by atoms with van der Waals surface area (Å²) in [6, 6.07) is 5.61. The lowest BCUT2D eigenvalue weighted by Crippen LogP contribution is -1.94.